The van der Waals surface area contributed by atoms with Crippen LogP contribution in [0.4, 0.5) is 0 Å². The number of rotatable bonds is 5. The summed E-state index contributed by atoms with van der Waals surface area (Å²) >= 11 is 0. The molecular formula is C14H21NO3S. The van der Waals surface area contributed by atoms with Gasteiger partial charge in [-0.1, -0.05) is 38.0 Å². The highest BCUT2D eigenvalue weighted by Crippen LogP contribution is 2.37. The third kappa shape index (κ3) is 3.35. The minimum atomic E-state index is -3.54. The molecule has 1 fully saturated rings. The standard InChI is InChI=1S/C14H21NO3S/c1-14(8-4-5-9-14)11-15-19(17,18)13-7-3-2-6-12(13)10-16/h2-3,6-7,15-16H,4-5,8-11H2,1H3. The van der Waals surface area contributed by atoms with Crippen LogP contribution < -0.4 is 4.72 Å². The molecule has 19 heavy (non-hydrogen) atoms. The summed E-state index contributed by atoms with van der Waals surface area (Å²) in [6, 6.07) is 6.56. The van der Waals surface area contributed by atoms with Crippen molar-refractivity contribution in [1.29, 1.82) is 0 Å². The number of hydrogen-bond donors (Lipinski definition) is 2. The molecule has 0 heterocycles. The van der Waals surface area contributed by atoms with Gasteiger partial charge in [0.2, 0.25) is 10.0 Å². The minimum Gasteiger partial charge on any atom is -0.392 e. The average molecular weight is 283 g/mol. The lowest BCUT2D eigenvalue weighted by Gasteiger charge is -2.23. The van der Waals surface area contributed by atoms with Gasteiger partial charge in [0.1, 0.15) is 0 Å². The Morgan fingerprint density at radius 2 is 1.89 bits per heavy atom. The molecule has 2 rings (SSSR count). The van der Waals surface area contributed by atoms with Gasteiger partial charge in [-0.2, -0.15) is 0 Å². The Hall–Kier alpha value is -0.910. The predicted octanol–water partition coefficient (Wildman–Crippen LogP) is 2.04. The number of sulfonamides is 1. The van der Waals surface area contributed by atoms with Gasteiger partial charge >= 0.3 is 0 Å². The van der Waals surface area contributed by atoms with Crippen molar-refractivity contribution in [2.75, 3.05) is 6.54 Å². The van der Waals surface area contributed by atoms with Gasteiger partial charge in [0.25, 0.3) is 0 Å². The maximum Gasteiger partial charge on any atom is 0.240 e. The molecule has 1 aliphatic rings. The van der Waals surface area contributed by atoms with Gasteiger partial charge in [-0.25, -0.2) is 13.1 Å². The van der Waals surface area contributed by atoms with Crippen molar-refractivity contribution in [1.82, 2.24) is 4.72 Å². The van der Waals surface area contributed by atoms with Crippen LogP contribution >= 0.6 is 0 Å². The highest BCUT2D eigenvalue weighted by molar-refractivity contribution is 7.89. The second-order valence-electron chi connectivity index (χ2n) is 5.61. The second kappa shape index (κ2) is 5.61. The van der Waals surface area contributed by atoms with E-state index in [9.17, 15) is 13.5 Å². The van der Waals surface area contributed by atoms with E-state index in [4.69, 9.17) is 0 Å². The first kappa shape index (κ1) is 14.5. The van der Waals surface area contributed by atoms with Crippen molar-refractivity contribution in [3.8, 4) is 0 Å². The van der Waals surface area contributed by atoms with E-state index in [2.05, 4.69) is 11.6 Å². The number of hydrogen-bond acceptors (Lipinski definition) is 3. The Kier molecular flexibility index (Phi) is 4.28. The van der Waals surface area contributed by atoms with Gasteiger partial charge in [-0.3, -0.25) is 0 Å². The summed E-state index contributed by atoms with van der Waals surface area (Å²) in [5, 5.41) is 9.22. The number of nitrogens with one attached hydrogen (secondary N) is 1. The van der Waals surface area contributed by atoms with E-state index in [1.54, 1.807) is 18.2 Å². The molecule has 0 atom stereocenters. The van der Waals surface area contributed by atoms with Crippen molar-refractivity contribution in [3.63, 3.8) is 0 Å². The number of aliphatic hydroxyl groups is 1. The molecule has 106 valence electrons. The summed E-state index contributed by atoms with van der Waals surface area (Å²) in [6.45, 7) is 2.32. The van der Waals surface area contributed by atoms with Gasteiger partial charge < -0.3 is 5.11 Å². The lowest BCUT2D eigenvalue weighted by molar-refractivity contribution is 0.278. The Labute approximate surface area is 114 Å². The average Bonchev–Trinajstić information content (AvgIpc) is 2.84. The van der Waals surface area contributed by atoms with Crippen molar-refractivity contribution < 1.29 is 13.5 Å². The second-order valence-corrected chi connectivity index (χ2v) is 7.34. The Morgan fingerprint density at radius 3 is 2.53 bits per heavy atom. The van der Waals surface area contributed by atoms with Crippen LogP contribution in [-0.4, -0.2) is 20.1 Å². The highest BCUT2D eigenvalue weighted by Gasteiger charge is 2.30. The largest absolute Gasteiger partial charge is 0.392 e. The number of aliphatic hydroxyl groups excluding tert-OH is 1. The molecule has 0 unspecified atom stereocenters. The smallest absolute Gasteiger partial charge is 0.240 e. The first-order valence-corrected chi connectivity index (χ1v) is 8.14. The molecule has 0 amide bonds. The van der Waals surface area contributed by atoms with Crippen LogP contribution in [0.5, 0.6) is 0 Å². The van der Waals surface area contributed by atoms with Crippen molar-refractivity contribution in [2.24, 2.45) is 5.41 Å². The predicted molar refractivity (Wildman–Crippen MR) is 74.1 cm³/mol. The Morgan fingerprint density at radius 1 is 1.26 bits per heavy atom. The van der Waals surface area contributed by atoms with Gasteiger partial charge in [-0.05, 0) is 29.9 Å². The fourth-order valence-electron chi connectivity index (χ4n) is 2.65. The quantitative estimate of drug-likeness (QED) is 0.869. The van der Waals surface area contributed by atoms with E-state index in [1.165, 1.54) is 18.9 Å². The molecule has 1 saturated carbocycles. The zero-order chi connectivity index (χ0) is 13.9. The maximum absolute atomic E-state index is 12.3. The molecule has 0 bridgehead atoms. The molecule has 0 radical (unpaired) electrons. The van der Waals surface area contributed by atoms with Crippen LogP contribution in [0.2, 0.25) is 0 Å². The summed E-state index contributed by atoms with van der Waals surface area (Å²) in [4.78, 5) is 0.180. The molecule has 0 aromatic heterocycles. The van der Waals surface area contributed by atoms with E-state index in [0.29, 0.717) is 12.1 Å². The molecule has 1 aromatic rings. The van der Waals surface area contributed by atoms with Crippen LogP contribution in [0.25, 0.3) is 0 Å². The lowest BCUT2D eigenvalue weighted by atomic mass is 9.89. The maximum atomic E-state index is 12.3. The molecule has 0 spiro atoms. The summed E-state index contributed by atoms with van der Waals surface area (Å²) in [7, 11) is -3.54. The molecule has 5 heteroatoms. The SMILES string of the molecule is CC1(CNS(=O)(=O)c2ccccc2CO)CCCC1. The molecule has 2 N–H and O–H groups in total. The van der Waals surface area contributed by atoms with E-state index < -0.39 is 10.0 Å². The fourth-order valence-corrected chi connectivity index (χ4v) is 4.08. The highest BCUT2D eigenvalue weighted by atomic mass is 32.2. The monoisotopic (exact) mass is 283 g/mol. The molecule has 4 nitrogen and oxygen atoms in total. The minimum absolute atomic E-state index is 0.0707. The zero-order valence-electron chi connectivity index (χ0n) is 11.2. The molecule has 0 aliphatic heterocycles. The summed E-state index contributed by atoms with van der Waals surface area (Å²) < 4.78 is 27.3. The van der Waals surface area contributed by atoms with E-state index >= 15 is 0 Å². The Balaban J connectivity index is 2.14. The number of benzene rings is 1. The first-order valence-electron chi connectivity index (χ1n) is 6.65. The molecule has 1 aromatic carbocycles. The van der Waals surface area contributed by atoms with Gasteiger partial charge in [0, 0.05) is 6.54 Å². The van der Waals surface area contributed by atoms with E-state index in [1.807, 2.05) is 0 Å². The third-order valence-electron chi connectivity index (χ3n) is 3.93. The van der Waals surface area contributed by atoms with Crippen LogP contribution in [0.15, 0.2) is 29.2 Å². The molecule has 1 aliphatic carbocycles. The van der Waals surface area contributed by atoms with Crippen LogP contribution in [0.3, 0.4) is 0 Å². The molecule has 0 saturated heterocycles. The van der Waals surface area contributed by atoms with Crippen molar-refractivity contribution in [3.05, 3.63) is 29.8 Å². The van der Waals surface area contributed by atoms with Crippen LogP contribution in [0.1, 0.15) is 38.2 Å². The summed E-state index contributed by atoms with van der Waals surface area (Å²) in [6.07, 6.45) is 4.48. The van der Waals surface area contributed by atoms with Crippen molar-refractivity contribution in [2.45, 2.75) is 44.1 Å². The van der Waals surface area contributed by atoms with E-state index in [-0.39, 0.29) is 16.9 Å². The fraction of sp³-hybridized carbons (Fsp3) is 0.571. The van der Waals surface area contributed by atoms with Gasteiger partial charge in [-0.15, -0.1) is 0 Å². The third-order valence-corrected chi connectivity index (χ3v) is 5.43. The lowest BCUT2D eigenvalue weighted by Crippen LogP contribution is -2.34. The summed E-state index contributed by atoms with van der Waals surface area (Å²) in [5.41, 5.74) is 0.507. The summed E-state index contributed by atoms with van der Waals surface area (Å²) in [5.74, 6) is 0. The van der Waals surface area contributed by atoms with Crippen molar-refractivity contribution >= 4 is 10.0 Å². The van der Waals surface area contributed by atoms with E-state index in [0.717, 1.165) is 12.8 Å². The first-order chi connectivity index (χ1) is 8.97. The van der Waals surface area contributed by atoms with Crippen LogP contribution in [0, 0.1) is 5.41 Å². The normalized spacial score (nSPS) is 18.6. The van der Waals surface area contributed by atoms with Gasteiger partial charge in [0.05, 0.1) is 11.5 Å². The zero-order valence-corrected chi connectivity index (χ0v) is 12.0. The topological polar surface area (TPSA) is 66.4 Å². The molecular weight excluding hydrogens is 262 g/mol. The Bertz CT molecular complexity index is 533. The van der Waals surface area contributed by atoms with Gasteiger partial charge in [0.15, 0.2) is 0 Å². The van der Waals surface area contributed by atoms with Crippen LogP contribution in [-0.2, 0) is 16.6 Å².